The van der Waals surface area contributed by atoms with E-state index in [1.807, 2.05) is 25.1 Å². The minimum atomic E-state index is 0.123. The number of carbonyl (C=O) groups excluding carboxylic acids is 1. The second-order valence-corrected chi connectivity index (χ2v) is 6.77. The maximum absolute atomic E-state index is 11.8. The molecule has 0 bridgehead atoms. The predicted octanol–water partition coefficient (Wildman–Crippen LogP) is 5.67. The average Bonchev–Trinajstić information content (AvgIpc) is 2.55. The third kappa shape index (κ3) is 9.82. The Morgan fingerprint density at radius 1 is 1.08 bits per heavy atom. The number of halogens is 1. The fraction of sp³-hybridized carbons (Fsp3) is 0.650. The Balaban J connectivity index is 1.98. The topological polar surface area (TPSA) is 38.3 Å². The highest BCUT2D eigenvalue weighted by Crippen LogP contribution is 2.21. The van der Waals surface area contributed by atoms with E-state index in [0.29, 0.717) is 18.1 Å². The van der Waals surface area contributed by atoms with Crippen LogP contribution in [0.15, 0.2) is 18.2 Å². The molecule has 0 radical (unpaired) electrons. The first-order chi connectivity index (χ1) is 11.6. The van der Waals surface area contributed by atoms with E-state index in [2.05, 4.69) is 12.2 Å². The fourth-order valence-electron chi connectivity index (χ4n) is 2.59. The van der Waals surface area contributed by atoms with Crippen LogP contribution in [-0.2, 0) is 4.79 Å². The second kappa shape index (κ2) is 13.1. The summed E-state index contributed by atoms with van der Waals surface area (Å²) in [7, 11) is 0. The number of carbonyl (C=O) groups is 1. The van der Waals surface area contributed by atoms with Gasteiger partial charge in [-0.1, -0.05) is 57.0 Å². The lowest BCUT2D eigenvalue weighted by Gasteiger charge is -2.09. The Morgan fingerprint density at radius 2 is 1.79 bits per heavy atom. The second-order valence-electron chi connectivity index (χ2n) is 6.33. The molecule has 0 saturated carbocycles. The molecule has 0 fully saturated rings. The summed E-state index contributed by atoms with van der Waals surface area (Å²) in [4.78, 5) is 11.8. The van der Waals surface area contributed by atoms with Gasteiger partial charge in [-0.2, -0.15) is 0 Å². The maximum Gasteiger partial charge on any atom is 0.220 e. The molecule has 1 rings (SSSR count). The van der Waals surface area contributed by atoms with Gasteiger partial charge in [0, 0.05) is 18.0 Å². The van der Waals surface area contributed by atoms with Gasteiger partial charge in [0.05, 0.1) is 6.61 Å². The summed E-state index contributed by atoms with van der Waals surface area (Å²) in [5.41, 5.74) is 1.02. The first kappa shape index (κ1) is 20.8. The average molecular weight is 354 g/mol. The van der Waals surface area contributed by atoms with Crippen LogP contribution in [0.3, 0.4) is 0 Å². The summed E-state index contributed by atoms with van der Waals surface area (Å²) in [6.07, 6.45) is 10.1. The smallest absolute Gasteiger partial charge is 0.220 e. The van der Waals surface area contributed by atoms with E-state index < -0.39 is 0 Å². The summed E-state index contributed by atoms with van der Waals surface area (Å²) in [6.45, 7) is 5.55. The van der Waals surface area contributed by atoms with Crippen molar-refractivity contribution < 1.29 is 9.53 Å². The monoisotopic (exact) mass is 353 g/mol. The van der Waals surface area contributed by atoms with E-state index in [9.17, 15) is 4.79 Å². The Kier molecular flexibility index (Phi) is 11.4. The van der Waals surface area contributed by atoms with Crippen LogP contribution in [0.25, 0.3) is 0 Å². The Hall–Kier alpha value is -1.22. The van der Waals surface area contributed by atoms with Crippen LogP contribution in [0, 0.1) is 6.92 Å². The van der Waals surface area contributed by atoms with Crippen LogP contribution < -0.4 is 10.1 Å². The predicted molar refractivity (Wildman–Crippen MR) is 102 cm³/mol. The molecule has 4 heteroatoms. The van der Waals surface area contributed by atoms with Gasteiger partial charge < -0.3 is 10.1 Å². The van der Waals surface area contributed by atoms with Crippen LogP contribution in [0.1, 0.15) is 70.3 Å². The lowest BCUT2D eigenvalue weighted by atomic mass is 10.1. The lowest BCUT2D eigenvalue weighted by molar-refractivity contribution is -0.121. The fourth-order valence-corrected chi connectivity index (χ4v) is 2.81. The minimum absolute atomic E-state index is 0.123. The highest BCUT2D eigenvalue weighted by molar-refractivity contribution is 6.30. The van der Waals surface area contributed by atoms with E-state index in [1.165, 1.54) is 38.5 Å². The number of amides is 1. The molecule has 24 heavy (non-hydrogen) atoms. The first-order valence-corrected chi connectivity index (χ1v) is 9.67. The lowest BCUT2D eigenvalue weighted by Crippen LogP contribution is -2.24. The van der Waals surface area contributed by atoms with Crippen LogP contribution >= 0.6 is 11.6 Å². The largest absolute Gasteiger partial charge is 0.493 e. The molecule has 1 aromatic carbocycles. The SMILES string of the molecule is CCCCCCCCCNC(=O)CCCOc1ccc(Cl)cc1C. The normalized spacial score (nSPS) is 10.6. The van der Waals surface area contributed by atoms with E-state index >= 15 is 0 Å². The van der Waals surface area contributed by atoms with Crippen LogP contribution in [0.4, 0.5) is 0 Å². The van der Waals surface area contributed by atoms with Crippen molar-refractivity contribution in [2.45, 2.75) is 71.6 Å². The van der Waals surface area contributed by atoms with Crippen molar-refractivity contribution in [3.63, 3.8) is 0 Å². The highest BCUT2D eigenvalue weighted by atomic mass is 35.5. The van der Waals surface area contributed by atoms with Crippen molar-refractivity contribution in [1.82, 2.24) is 5.32 Å². The molecule has 1 N–H and O–H groups in total. The van der Waals surface area contributed by atoms with Crippen molar-refractivity contribution in [3.05, 3.63) is 28.8 Å². The molecule has 0 aliphatic heterocycles. The quantitative estimate of drug-likeness (QED) is 0.463. The molecule has 0 aliphatic carbocycles. The van der Waals surface area contributed by atoms with Crippen LogP contribution in [-0.4, -0.2) is 19.1 Å². The van der Waals surface area contributed by atoms with Crippen LogP contribution in [0.5, 0.6) is 5.75 Å². The van der Waals surface area contributed by atoms with Gasteiger partial charge in [0.15, 0.2) is 0 Å². The van der Waals surface area contributed by atoms with Gasteiger partial charge in [-0.3, -0.25) is 4.79 Å². The van der Waals surface area contributed by atoms with Crippen molar-refractivity contribution in [2.24, 2.45) is 0 Å². The maximum atomic E-state index is 11.8. The summed E-state index contributed by atoms with van der Waals surface area (Å²) in [5, 5.41) is 3.70. The molecule has 136 valence electrons. The zero-order valence-electron chi connectivity index (χ0n) is 15.2. The Labute approximate surface area is 152 Å². The number of aryl methyl sites for hydroxylation is 1. The van der Waals surface area contributed by atoms with Gasteiger partial charge in [-0.15, -0.1) is 0 Å². The van der Waals surface area contributed by atoms with Crippen molar-refractivity contribution in [2.75, 3.05) is 13.2 Å². The van der Waals surface area contributed by atoms with Gasteiger partial charge in [-0.05, 0) is 43.5 Å². The van der Waals surface area contributed by atoms with Gasteiger partial charge in [-0.25, -0.2) is 0 Å². The Morgan fingerprint density at radius 3 is 2.50 bits per heavy atom. The van der Waals surface area contributed by atoms with E-state index in [1.54, 1.807) is 0 Å². The molecular formula is C20H32ClNO2. The molecule has 0 atom stereocenters. The molecule has 0 saturated heterocycles. The zero-order valence-corrected chi connectivity index (χ0v) is 16.0. The van der Waals surface area contributed by atoms with Crippen molar-refractivity contribution in [1.29, 1.82) is 0 Å². The van der Waals surface area contributed by atoms with E-state index in [0.717, 1.165) is 30.7 Å². The molecule has 0 spiro atoms. The number of benzene rings is 1. The molecule has 1 aromatic rings. The van der Waals surface area contributed by atoms with Gasteiger partial charge in [0.1, 0.15) is 5.75 Å². The third-order valence-corrected chi connectivity index (χ3v) is 4.28. The van der Waals surface area contributed by atoms with Crippen molar-refractivity contribution >= 4 is 17.5 Å². The van der Waals surface area contributed by atoms with Crippen molar-refractivity contribution in [3.8, 4) is 5.75 Å². The van der Waals surface area contributed by atoms with Gasteiger partial charge >= 0.3 is 0 Å². The number of ether oxygens (including phenoxy) is 1. The number of hydrogen-bond donors (Lipinski definition) is 1. The molecule has 3 nitrogen and oxygen atoms in total. The van der Waals surface area contributed by atoms with Gasteiger partial charge in [0.2, 0.25) is 5.91 Å². The number of unbranched alkanes of at least 4 members (excludes halogenated alkanes) is 6. The van der Waals surface area contributed by atoms with E-state index in [-0.39, 0.29) is 5.91 Å². The Bertz CT molecular complexity index is 477. The third-order valence-electron chi connectivity index (χ3n) is 4.05. The van der Waals surface area contributed by atoms with E-state index in [4.69, 9.17) is 16.3 Å². The number of hydrogen-bond acceptors (Lipinski definition) is 2. The van der Waals surface area contributed by atoms with Crippen LogP contribution in [0.2, 0.25) is 5.02 Å². The standard InChI is InChI=1S/C20H32ClNO2/c1-3-4-5-6-7-8-9-14-22-20(23)11-10-15-24-19-13-12-18(21)16-17(19)2/h12-13,16H,3-11,14-15H2,1-2H3,(H,22,23). The molecule has 0 aliphatic rings. The summed E-state index contributed by atoms with van der Waals surface area (Å²) in [5.74, 6) is 0.959. The van der Waals surface area contributed by atoms with Gasteiger partial charge in [0.25, 0.3) is 0 Å². The zero-order chi connectivity index (χ0) is 17.6. The molecule has 0 unspecified atom stereocenters. The molecular weight excluding hydrogens is 322 g/mol. The highest BCUT2D eigenvalue weighted by Gasteiger charge is 2.03. The summed E-state index contributed by atoms with van der Waals surface area (Å²) < 4.78 is 5.69. The molecule has 1 amide bonds. The summed E-state index contributed by atoms with van der Waals surface area (Å²) in [6, 6.07) is 5.57. The molecule has 0 heterocycles. The molecule has 0 aromatic heterocycles. The number of rotatable bonds is 13. The number of nitrogens with one attached hydrogen (secondary N) is 1. The first-order valence-electron chi connectivity index (χ1n) is 9.29. The minimum Gasteiger partial charge on any atom is -0.493 e. The summed E-state index contributed by atoms with van der Waals surface area (Å²) >= 11 is 5.91.